The molecule has 2 fully saturated rings. The summed E-state index contributed by atoms with van der Waals surface area (Å²) >= 11 is 0. The average molecular weight is 338 g/mol. The van der Waals surface area contributed by atoms with E-state index in [1.807, 2.05) is 6.92 Å². The van der Waals surface area contributed by atoms with Gasteiger partial charge < -0.3 is 14.0 Å². The fraction of sp³-hybridized carbons (Fsp3) is 0.500. The SMILES string of the molecule is Cc1noc(CN2CC3CN(c4nc5ccccc5n4C)CC3C2)n1. The van der Waals surface area contributed by atoms with Crippen LogP contribution in [-0.4, -0.2) is 50.8 Å². The van der Waals surface area contributed by atoms with Gasteiger partial charge in [0.1, 0.15) is 0 Å². The molecule has 2 atom stereocenters. The number of imidazole rings is 1. The third-order valence-corrected chi connectivity index (χ3v) is 5.54. The monoisotopic (exact) mass is 338 g/mol. The Morgan fingerprint density at radius 3 is 2.52 bits per heavy atom. The zero-order chi connectivity index (χ0) is 17.0. The lowest BCUT2D eigenvalue weighted by atomic mass is 10.0. The van der Waals surface area contributed by atoms with Crippen molar-refractivity contribution in [2.75, 3.05) is 31.1 Å². The molecule has 0 bridgehead atoms. The molecule has 0 N–H and O–H groups in total. The Balaban J connectivity index is 1.29. The lowest BCUT2D eigenvalue weighted by Crippen LogP contribution is -2.30. The normalized spacial score (nSPS) is 23.7. The molecule has 0 amide bonds. The highest BCUT2D eigenvalue weighted by molar-refractivity contribution is 5.78. The van der Waals surface area contributed by atoms with Crippen LogP contribution in [0.5, 0.6) is 0 Å². The fourth-order valence-electron chi connectivity index (χ4n) is 4.39. The van der Waals surface area contributed by atoms with Gasteiger partial charge in [-0.3, -0.25) is 4.90 Å². The molecule has 2 aliphatic rings. The van der Waals surface area contributed by atoms with Crippen LogP contribution >= 0.6 is 0 Å². The zero-order valence-corrected chi connectivity index (χ0v) is 14.6. The van der Waals surface area contributed by atoms with Crippen molar-refractivity contribution in [3.05, 3.63) is 36.0 Å². The summed E-state index contributed by atoms with van der Waals surface area (Å²) in [6.07, 6.45) is 0. The number of anilines is 1. The molecule has 2 aromatic heterocycles. The Morgan fingerprint density at radius 1 is 1.08 bits per heavy atom. The van der Waals surface area contributed by atoms with Crippen LogP contribution in [0.1, 0.15) is 11.7 Å². The number of benzene rings is 1. The Bertz CT molecular complexity index is 901. The van der Waals surface area contributed by atoms with Gasteiger partial charge >= 0.3 is 0 Å². The van der Waals surface area contributed by atoms with Crippen LogP contribution in [0.2, 0.25) is 0 Å². The van der Waals surface area contributed by atoms with Crippen molar-refractivity contribution in [1.29, 1.82) is 0 Å². The van der Waals surface area contributed by atoms with Crippen molar-refractivity contribution >= 4 is 17.0 Å². The number of nitrogens with zero attached hydrogens (tertiary/aromatic N) is 6. The van der Waals surface area contributed by atoms with Crippen molar-refractivity contribution in [3.63, 3.8) is 0 Å². The first-order valence-corrected chi connectivity index (χ1v) is 8.85. The summed E-state index contributed by atoms with van der Waals surface area (Å²) in [5.41, 5.74) is 2.27. The minimum absolute atomic E-state index is 0.684. The third kappa shape index (κ3) is 2.50. The Hall–Kier alpha value is -2.41. The van der Waals surface area contributed by atoms with Crippen LogP contribution in [0.15, 0.2) is 28.8 Å². The largest absolute Gasteiger partial charge is 0.342 e. The number of hydrogen-bond acceptors (Lipinski definition) is 6. The minimum Gasteiger partial charge on any atom is -0.342 e. The van der Waals surface area contributed by atoms with Crippen molar-refractivity contribution in [2.45, 2.75) is 13.5 Å². The summed E-state index contributed by atoms with van der Waals surface area (Å²) in [5, 5.41) is 3.88. The molecular weight excluding hydrogens is 316 g/mol. The van der Waals surface area contributed by atoms with E-state index in [1.165, 1.54) is 5.52 Å². The second kappa shape index (κ2) is 5.56. The molecule has 4 heterocycles. The van der Waals surface area contributed by atoms with Gasteiger partial charge in [-0.1, -0.05) is 17.3 Å². The predicted molar refractivity (Wildman–Crippen MR) is 94.2 cm³/mol. The number of likely N-dealkylation sites (tertiary alicyclic amines) is 1. The van der Waals surface area contributed by atoms with Gasteiger partial charge in [-0.2, -0.15) is 4.98 Å². The summed E-state index contributed by atoms with van der Waals surface area (Å²) in [7, 11) is 2.11. The number of aryl methyl sites for hydroxylation is 2. The zero-order valence-electron chi connectivity index (χ0n) is 14.6. The lowest BCUT2D eigenvalue weighted by molar-refractivity contribution is 0.255. The molecule has 2 unspecified atom stereocenters. The van der Waals surface area contributed by atoms with Crippen molar-refractivity contribution in [2.24, 2.45) is 18.9 Å². The molecule has 7 heteroatoms. The molecule has 0 spiro atoms. The van der Waals surface area contributed by atoms with Crippen LogP contribution in [0.4, 0.5) is 5.95 Å². The van der Waals surface area contributed by atoms with E-state index in [0.29, 0.717) is 17.7 Å². The second-order valence-electron chi connectivity index (χ2n) is 7.31. The van der Waals surface area contributed by atoms with Gasteiger partial charge in [-0.25, -0.2) is 4.98 Å². The standard InChI is InChI=1S/C18H22N6O/c1-12-19-17(25-21-12)11-23-7-13-9-24(10-14(13)8-23)18-20-15-5-3-4-6-16(15)22(18)2/h3-6,13-14H,7-11H2,1-2H3. The topological polar surface area (TPSA) is 63.2 Å². The molecule has 0 aliphatic carbocycles. The van der Waals surface area contributed by atoms with E-state index in [1.54, 1.807) is 0 Å². The highest BCUT2D eigenvalue weighted by Gasteiger charge is 2.41. The first-order valence-electron chi connectivity index (χ1n) is 8.85. The predicted octanol–water partition coefficient (Wildman–Crippen LogP) is 1.83. The quantitative estimate of drug-likeness (QED) is 0.726. The number of rotatable bonds is 3. The molecule has 0 saturated carbocycles. The third-order valence-electron chi connectivity index (χ3n) is 5.54. The molecule has 2 saturated heterocycles. The molecule has 7 nitrogen and oxygen atoms in total. The Morgan fingerprint density at radius 2 is 1.84 bits per heavy atom. The summed E-state index contributed by atoms with van der Waals surface area (Å²) < 4.78 is 7.48. The molecule has 130 valence electrons. The van der Waals surface area contributed by atoms with Crippen molar-refractivity contribution in [3.8, 4) is 0 Å². The van der Waals surface area contributed by atoms with Crippen LogP contribution in [0.3, 0.4) is 0 Å². The first-order chi connectivity index (χ1) is 12.2. The minimum atomic E-state index is 0.684. The van der Waals surface area contributed by atoms with E-state index in [-0.39, 0.29) is 0 Å². The van der Waals surface area contributed by atoms with Gasteiger partial charge in [0.05, 0.1) is 17.6 Å². The Kier molecular flexibility index (Phi) is 3.31. The molecule has 5 rings (SSSR count). The average Bonchev–Trinajstić information content (AvgIpc) is 3.32. The molecule has 25 heavy (non-hydrogen) atoms. The number of hydrogen-bond donors (Lipinski definition) is 0. The van der Waals surface area contributed by atoms with E-state index < -0.39 is 0 Å². The lowest BCUT2D eigenvalue weighted by Gasteiger charge is -2.21. The van der Waals surface area contributed by atoms with Gasteiger partial charge in [0, 0.05) is 33.2 Å². The molecule has 0 radical (unpaired) electrons. The van der Waals surface area contributed by atoms with Crippen LogP contribution in [0.25, 0.3) is 11.0 Å². The molecule has 1 aromatic carbocycles. The molecule has 2 aliphatic heterocycles. The van der Waals surface area contributed by atoms with Gasteiger partial charge in [0.15, 0.2) is 5.82 Å². The maximum atomic E-state index is 5.26. The number of fused-ring (bicyclic) bond motifs is 2. The summed E-state index contributed by atoms with van der Waals surface area (Å²) in [6, 6.07) is 8.35. The Labute approximate surface area is 146 Å². The van der Waals surface area contributed by atoms with Crippen molar-refractivity contribution < 1.29 is 4.52 Å². The maximum Gasteiger partial charge on any atom is 0.240 e. The molecular formula is C18H22N6O. The second-order valence-corrected chi connectivity index (χ2v) is 7.31. The first kappa shape index (κ1) is 14.9. The van der Waals surface area contributed by atoms with E-state index in [0.717, 1.165) is 50.1 Å². The van der Waals surface area contributed by atoms with E-state index in [4.69, 9.17) is 9.51 Å². The van der Waals surface area contributed by atoms with Gasteiger partial charge in [0.2, 0.25) is 11.8 Å². The van der Waals surface area contributed by atoms with Gasteiger partial charge in [-0.15, -0.1) is 0 Å². The highest BCUT2D eigenvalue weighted by Crippen LogP contribution is 2.34. The van der Waals surface area contributed by atoms with E-state index in [2.05, 4.69) is 55.8 Å². The van der Waals surface area contributed by atoms with Crippen LogP contribution in [0, 0.1) is 18.8 Å². The summed E-state index contributed by atoms with van der Waals surface area (Å²) in [6.45, 7) is 6.95. The molecule has 3 aromatic rings. The van der Waals surface area contributed by atoms with Gasteiger partial charge in [-0.05, 0) is 30.9 Å². The number of para-hydroxylation sites is 2. The summed E-state index contributed by atoms with van der Waals surface area (Å²) in [4.78, 5) is 14.1. The maximum absolute atomic E-state index is 5.26. The smallest absolute Gasteiger partial charge is 0.240 e. The van der Waals surface area contributed by atoms with Crippen LogP contribution < -0.4 is 4.90 Å². The van der Waals surface area contributed by atoms with Gasteiger partial charge in [0.25, 0.3) is 0 Å². The highest BCUT2D eigenvalue weighted by atomic mass is 16.5. The summed E-state index contributed by atoms with van der Waals surface area (Å²) in [5.74, 6) is 3.90. The van der Waals surface area contributed by atoms with E-state index >= 15 is 0 Å². The fourth-order valence-corrected chi connectivity index (χ4v) is 4.39. The van der Waals surface area contributed by atoms with Crippen molar-refractivity contribution in [1.82, 2.24) is 24.6 Å². The van der Waals surface area contributed by atoms with E-state index in [9.17, 15) is 0 Å². The van der Waals surface area contributed by atoms with Crippen LogP contribution in [-0.2, 0) is 13.6 Å². The number of aromatic nitrogens is 4.